The van der Waals surface area contributed by atoms with Crippen LogP contribution in [0, 0.1) is 5.92 Å². The third kappa shape index (κ3) is 3.88. The van der Waals surface area contributed by atoms with Gasteiger partial charge in [-0.25, -0.2) is 0 Å². The molecule has 2 heteroatoms. The van der Waals surface area contributed by atoms with E-state index in [0.717, 1.165) is 6.61 Å². The molecule has 24 heavy (non-hydrogen) atoms. The third-order valence-electron chi connectivity index (χ3n) is 4.50. The lowest BCUT2D eigenvalue weighted by Crippen LogP contribution is -2.66. The first kappa shape index (κ1) is 18.7. The van der Waals surface area contributed by atoms with Gasteiger partial charge in [-0.05, 0) is 28.3 Å². The first-order valence-electron chi connectivity index (χ1n) is 8.79. The molecule has 1 nitrogen and oxygen atoms in total. The number of rotatable bonds is 6. The summed E-state index contributed by atoms with van der Waals surface area (Å²) in [7, 11) is -2.38. The van der Waals surface area contributed by atoms with Gasteiger partial charge in [0, 0.05) is 6.61 Å². The fourth-order valence-corrected chi connectivity index (χ4v) is 8.07. The average molecular weight is 339 g/mol. The molecule has 1 atom stereocenters. The molecule has 0 fully saturated rings. The SMILES string of the molecule is CC=C[C@@H](C)CO[Si](c1ccccc1)(c1ccccc1)C(C)(C)C. The Balaban J connectivity index is 2.57. The predicted octanol–water partition coefficient (Wildman–Crippen LogP) is 4.78. The summed E-state index contributed by atoms with van der Waals surface area (Å²) in [6.07, 6.45) is 4.33. The van der Waals surface area contributed by atoms with E-state index in [4.69, 9.17) is 4.43 Å². The summed E-state index contributed by atoms with van der Waals surface area (Å²) >= 11 is 0. The van der Waals surface area contributed by atoms with Crippen LogP contribution < -0.4 is 10.4 Å². The van der Waals surface area contributed by atoms with Crippen molar-refractivity contribution in [2.45, 2.75) is 39.7 Å². The highest BCUT2D eigenvalue weighted by atomic mass is 28.4. The molecule has 0 aliphatic carbocycles. The Morgan fingerprint density at radius 1 is 0.917 bits per heavy atom. The molecule has 0 aliphatic heterocycles. The fraction of sp³-hybridized carbons (Fsp3) is 0.364. The molecular weight excluding hydrogens is 308 g/mol. The van der Waals surface area contributed by atoms with Gasteiger partial charge < -0.3 is 4.43 Å². The molecule has 2 rings (SSSR count). The summed E-state index contributed by atoms with van der Waals surface area (Å²) in [4.78, 5) is 0. The molecule has 0 spiro atoms. The van der Waals surface area contributed by atoms with Crippen molar-refractivity contribution in [3.8, 4) is 0 Å². The van der Waals surface area contributed by atoms with Gasteiger partial charge >= 0.3 is 0 Å². The minimum Gasteiger partial charge on any atom is -0.407 e. The topological polar surface area (TPSA) is 9.23 Å². The molecule has 0 amide bonds. The van der Waals surface area contributed by atoms with Crippen molar-refractivity contribution in [3.63, 3.8) is 0 Å². The molecule has 0 aromatic heterocycles. The van der Waals surface area contributed by atoms with Gasteiger partial charge in [0.15, 0.2) is 0 Å². The Labute approximate surface area is 148 Å². The van der Waals surface area contributed by atoms with Gasteiger partial charge in [-0.15, -0.1) is 0 Å². The molecular formula is C22H30OSi. The molecule has 0 N–H and O–H groups in total. The first-order chi connectivity index (χ1) is 11.4. The zero-order valence-corrected chi connectivity index (χ0v) is 16.6. The molecule has 128 valence electrons. The van der Waals surface area contributed by atoms with Crippen LogP contribution in [0.15, 0.2) is 72.8 Å². The molecule has 0 radical (unpaired) electrons. The Hall–Kier alpha value is -1.64. The van der Waals surface area contributed by atoms with Crippen molar-refractivity contribution in [1.82, 2.24) is 0 Å². The number of benzene rings is 2. The van der Waals surface area contributed by atoms with E-state index in [1.807, 2.05) is 0 Å². The Morgan fingerprint density at radius 2 is 1.38 bits per heavy atom. The second kappa shape index (κ2) is 7.95. The smallest absolute Gasteiger partial charge is 0.261 e. The van der Waals surface area contributed by atoms with Crippen LogP contribution in [0.5, 0.6) is 0 Å². The number of hydrogen-bond acceptors (Lipinski definition) is 1. The molecule has 2 aromatic rings. The van der Waals surface area contributed by atoms with E-state index in [2.05, 4.69) is 107 Å². The Morgan fingerprint density at radius 3 is 1.75 bits per heavy atom. The minimum atomic E-state index is -2.38. The first-order valence-corrected chi connectivity index (χ1v) is 10.7. The summed E-state index contributed by atoms with van der Waals surface area (Å²) in [5, 5.41) is 2.73. The summed E-state index contributed by atoms with van der Waals surface area (Å²) < 4.78 is 6.87. The van der Waals surface area contributed by atoms with Crippen molar-refractivity contribution < 1.29 is 4.43 Å². The van der Waals surface area contributed by atoms with Crippen LogP contribution in [0.2, 0.25) is 5.04 Å². The van der Waals surface area contributed by atoms with Gasteiger partial charge in [0.05, 0.1) is 0 Å². The van der Waals surface area contributed by atoms with E-state index in [0.29, 0.717) is 5.92 Å². The van der Waals surface area contributed by atoms with E-state index in [1.54, 1.807) is 0 Å². The normalized spacial score (nSPS) is 14.0. The molecule has 0 saturated carbocycles. The average Bonchev–Trinajstić information content (AvgIpc) is 2.56. The fourth-order valence-electron chi connectivity index (χ4n) is 3.40. The van der Waals surface area contributed by atoms with E-state index in [9.17, 15) is 0 Å². The molecule has 0 heterocycles. The lowest BCUT2D eigenvalue weighted by atomic mass is 10.2. The van der Waals surface area contributed by atoms with Crippen LogP contribution in [0.3, 0.4) is 0 Å². The zero-order chi connectivity index (χ0) is 17.6. The molecule has 0 bridgehead atoms. The molecule has 0 aliphatic rings. The van der Waals surface area contributed by atoms with E-state index < -0.39 is 8.32 Å². The van der Waals surface area contributed by atoms with E-state index in [-0.39, 0.29) is 5.04 Å². The quantitative estimate of drug-likeness (QED) is 0.544. The van der Waals surface area contributed by atoms with Crippen LogP contribution in [0.1, 0.15) is 34.6 Å². The monoisotopic (exact) mass is 338 g/mol. The maximum atomic E-state index is 6.87. The van der Waals surface area contributed by atoms with Gasteiger partial charge in [0.2, 0.25) is 0 Å². The van der Waals surface area contributed by atoms with Crippen molar-refractivity contribution in [3.05, 3.63) is 72.8 Å². The second-order valence-electron chi connectivity index (χ2n) is 7.48. The maximum Gasteiger partial charge on any atom is 0.261 e. The zero-order valence-electron chi connectivity index (χ0n) is 15.6. The summed E-state index contributed by atoms with van der Waals surface area (Å²) in [5.74, 6) is 0.414. The van der Waals surface area contributed by atoms with Crippen molar-refractivity contribution in [2.75, 3.05) is 6.61 Å². The van der Waals surface area contributed by atoms with Crippen LogP contribution in [0.25, 0.3) is 0 Å². The lowest BCUT2D eigenvalue weighted by Gasteiger charge is -2.43. The summed E-state index contributed by atoms with van der Waals surface area (Å²) in [5.41, 5.74) is 0. The van der Waals surface area contributed by atoms with Gasteiger partial charge in [-0.3, -0.25) is 0 Å². The molecule has 0 saturated heterocycles. The van der Waals surface area contributed by atoms with Crippen LogP contribution in [0.4, 0.5) is 0 Å². The highest BCUT2D eigenvalue weighted by Gasteiger charge is 2.50. The van der Waals surface area contributed by atoms with Crippen LogP contribution in [-0.2, 0) is 4.43 Å². The number of hydrogen-bond donors (Lipinski definition) is 0. The summed E-state index contributed by atoms with van der Waals surface area (Å²) in [6.45, 7) is 12.0. The highest BCUT2D eigenvalue weighted by Crippen LogP contribution is 2.37. The standard InChI is InChI=1S/C22H30OSi/c1-6-13-19(2)18-23-24(22(3,4)5,20-14-9-7-10-15-20)21-16-11-8-12-17-21/h6-17,19H,18H2,1-5H3/t19-/m1/s1. The highest BCUT2D eigenvalue weighted by molar-refractivity contribution is 6.99. The van der Waals surface area contributed by atoms with Crippen molar-refractivity contribution in [1.29, 1.82) is 0 Å². The Kier molecular flexibility index (Phi) is 6.19. The van der Waals surface area contributed by atoms with Crippen molar-refractivity contribution >= 4 is 18.7 Å². The third-order valence-corrected chi connectivity index (χ3v) is 9.51. The van der Waals surface area contributed by atoms with Gasteiger partial charge in [0.1, 0.15) is 0 Å². The largest absolute Gasteiger partial charge is 0.407 e. The molecule has 2 aromatic carbocycles. The Bertz CT molecular complexity index is 601. The minimum absolute atomic E-state index is 0.0470. The predicted molar refractivity (Wildman–Crippen MR) is 108 cm³/mol. The van der Waals surface area contributed by atoms with Crippen molar-refractivity contribution in [2.24, 2.45) is 5.92 Å². The van der Waals surface area contributed by atoms with Gasteiger partial charge in [-0.1, -0.05) is 101 Å². The van der Waals surface area contributed by atoms with E-state index >= 15 is 0 Å². The van der Waals surface area contributed by atoms with E-state index in [1.165, 1.54) is 10.4 Å². The lowest BCUT2D eigenvalue weighted by molar-refractivity contribution is 0.268. The summed E-state index contributed by atoms with van der Waals surface area (Å²) in [6, 6.07) is 21.6. The van der Waals surface area contributed by atoms with Gasteiger partial charge in [0.25, 0.3) is 8.32 Å². The molecule has 0 unspecified atom stereocenters. The van der Waals surface area contributed by atoms with Gasteiger partial charge in [-0.2, -0.15) is 0 Å². The van der Waals surface area contributed by atoms with Crippen LogP contribution in [-0.4, -0.2) is 14.9 Å². The second-order valence-corrected chi connectivity index (χ2v) is 11.8. The maximum absolute atomic E-state index is 6.87. The number of allylic oxidation sites excluding steroid dienone is 1. The van der Waals surface area contributed by atoms with Crippen LogP contribution >= 0.6 is 0 Å².